The third-order valence-corrected chi connectivity index (χ3v) is 2.39. The number of methoxy groups -OCH3 is 1. The number of benzene rings is 1. The molecule has 0 amide bonds. The zero-order valence-electron chi connectivity index (χ0n) is 12.5. The van der Waals surface area contributed by atoms with Gasteiger partial charge in [0.1, 0.15) is 0 Å². The van der Waals surface area contributed by atoms with Gasteiger partial charge in [-0.3, -0.25) is 0 Å². The first-order valence-electron chi connectivity index (χ1n) is 6.71. The molecule has 0 atom stereocenters. The van der Waals surface area contributed by atoms with Crippen LogP contribution >= 0.6 is 0 Å². The summed E-state index contributed by atoms with van der Waals surface area (Å²) in [5.74, 6) is 2.03. The van der Waals surface area contributed by atoms with E-state index in [-0.39, 0.29) is 6.10 Å². The Morgan fingerprint density at radius 2 is 1.84 bits per heavy atom. The maximum absolute atomic E-state index is 5.67. The molecule has 1 rings (SSSR count). The van der Waals surface area contributed by atoms with E-state index in [1.54, 1.807) is 7.11 Å². The van der Waals surface area contributed by atoms with Crippen LogP contribution in [0.25, 0.3) is 0 Å². The summed E-state index contributed by atoms with van der Waals surface area (Å²) in [6.07, 6.45) is 0.132. The highest BCUT2D eigenvalue weighted by Crippen LogP contribution is 2.28. The Morgan fingerprint density at radius 3 is 2.42 bits per heavy atom. The van der Waals surface area contributed by atoms with Crippen molar-refractivity contribution in [2.45, 2.75) is 40.3 Å². The van der Waals surface area contributed by atoms with E-state index in [2.05, 4.69) is 19.3 Å². The van der Waals surface area contributed by atoms with E-state index in [9.17, 15) is 0 Å². The average Bonchev–Trinajstić information content (AvgIpc) is 2.35. The number of nitrogens with one attached hydrogen (secondary N) is 1. The summed E-state index contributed by atoms with van der Waals surface area (Å²) in [6, 6.07) is 5.90. The number of hydroxylamine groups is 1. The summed E-state index contributed by atoms with van der Waals surface area (Å²) in [5, 5.41) is 0. The Bertz CT molecular complexity index is 378. The van der Waals surface area contributed by atoms with Crippen LogP contribution in [0.5, 0.6) is 11.5 Å². The van der Waals surface area contributed by atoms with Crippen LogP contribution < -0.4 is 15.0 Å². The van der Waals surface area contributed by atoms with Crippen LogP contribution in [0.4, 0.5) is 0 Å². The van der Waals surface area contributed by atoms with E-state index in [4.69, 9.17) is 14.3 Å². The predicted molar refractivity (Wildman–Crippen MR) is 76.4 cm³/mol. The third kappa shape index (κ3) is 5.94. The molecular formula is C15H25NO3. The Balaban J connectivity index is 2.56. The second kappa shape index (κ2) is 8.02. The molecule has 0 heterocycles. The van der Waals surface area contributed by atoms with Crippen molar-refractivity contribution < 1.29 is 14.3 Å². The van der Waals surface area contributed by atoms with E-state index in [0.717, 1.165) is 17.1 Å². The van der Waals surface area contributed by atoms with Gasteiger partial charge in [-0.25, -0.2) is 0 Å². The predicted octanol–water partition coefficient (Wildman–Crippen LogP) is 3.16. The Morgan fingerprint density at radius 1 is 1.11 bits per heavy atom. The summed E-state index contributed by atoms with van der Waals surface area (Å²) in [7, 11) is 1.65. The quantitative estimate of drug-likeness (QED) is 0.580. The smallest absolute Gasteiger partial charge is 0.161 e. The van der Waals surface area contributed by atoms with Crippen molar-refractivity contribution in [2.24, 2.45) is 5.92 Å². The van der Waals surface area contributed by atoms with Gasteiger partial charge in [0.25, 0.3) is 0 Å². The van der Waals surface area contributed by atoms with Gasteiger partial charge in [0.15, 0.2) is 11.5 Å². The highest BCUT2D eigenvalue weighted by Gasteiger charge is 2.07. The third-order valence-electron chi connectivity index (χ3n) is 2.39. The molecule has 0 spiro atoms. The van der Waals surface area contributed by atoms with Crippen molar-refractivity contribution >= 4 is 0 Å². The van der Waals surface area contributed by atoms with Gasteiger partial charge in [0.05, 0.1) is 19.8 Å². The normalized spacial score (nSPS) is 11.1. The molecule has 0 aliphatic rings. The molecular weight excluding hydrogens is 242 g/mol. The van der Waals surface area contributed by atoms with E-state index in [1.165, 1.54) is 0 Å². The van der Waals surface area contributed by atoms with Gasteiger partial charge < -0.3 is 14.3 Å². The fraction of sp³-hybridized carbons (Fsp3) is 0.600. The second-order valence-corrected chi connectivity index (χ2v) is 5.18. The lowest BCUT2D eigenvalue weighted by Gasteiger charge is -2.15. The summed E-state index contributed by atoms with van der Waals surface area (Å²) in [5.41, 5.74) is 4.04. The lowest BCUT2D eigenvalue weighted by atomic mass is 10.2. The highest BCUT2D eigenvalue weighted by atomic mass is 16.6. The maximum atomic E-state index is 5.67. The molecule has 1 aromatic carbocycles. The van der Waals surface area contributed by atoms with E-state index < -0.39 is 0 Å². The molecule has 1 aromatic rings. The van der Waals surface area contributed by atoms with Gasteiger partial charge in [-0.2, -0.15) is 5.48 Å². The summed E-state index contributed by atoms with van der Waals surface area (Å²) >= 11 is 0. The van der Waals surface area contributed by atoms with Crippen molar-refractivity contribution in [1.82, 2.24) is 5.48 Å². The van der Waals surface area contributed by atoms with Crippen molar-refractivity contribution in [2.75, 3.05) is 13.7 Å². The molecule has 0 saturated heterocycles. The minimum absolute atomic E-state index is 0.132. The van der Waals surface area contributed by atoms with Crippen LogP contribution in [-0.4, -0.2) is 19.8 Å². The molecule has 1 N–H and O–H groups in total. The van der Waals surface area contributed by atoms with Crippen LogP contribution in [0, 0.1) is 5.92 Å². The van der Waals surface area contributed by atoms with Crippen molar-refractivity contribution in [3.63, 3.8) is 0 Å². The zero-order chi connectivity index (χ0) is 14.3. The molecule has 0 saturated carbocycles. The second-order valence-electron chi connectivity index (χ2n) is 5.18. The molecule has 19 heavy (non-hydrogen) atoms. The Kier molecular flexibility index (Phi) is 6.67. The first kappa shape index (κ1) is 15.8. The Hall–Kier alpha value is -1.26. The minimum Gasteiger partial charge on any atom is -0.493 e. The average molecular weight is 267 g/mol. The van der Waals surface area contributed by atoms with Crippen LogP contribution in [0.15, 0.2) is 18.2 Å². The summed E-state index contributed by atoms with van der Waals surface area (Å²) in [4.78, 5) is 5.35. The van der Waals surface area contributed by atoms with Crippen LogP contribution in [0.3, 0.4) is 0 Å². The van der Waals surface area contributed by atoms with Gasteiger partial charge in [-0.05, 0) is 37.5 Å². The fourth-order valence-corrected chi connectivity index (χ4v) is 1.53. The first-order chi connectivity index (χ1) is 9.02. The molecule has 108 valence electrons. The largest absolute Gasteiger partial charge is 0.493 e. The van der Waals surface area contributed by atoms with E-state index >= 15 is 0 Å². The van der Waals surface area contributed by atoms with E-state index in [1.807, 2.05) is 32.0 Å². The zero-order valence-corrected chi connectivity index (χ0v) is 12.5. The molecule has 0 aliphatic carbocycles. The summed E-state index contributed by atoms with van der Waals surface area (Å²) < 4.78 is 11.0. The number of hydrogen-bond acceptors (Lipinski definition) is 4. The molecule has 0 unspecified atom stereocenters. The number of ether oxygens (including phenoxy) is 2. The molecule has 0 fully saturated rings. The molecule has 4 nitrogen and oxygen atoms in total. The minimum atomic E-state index is 0.132. The molecule has 0 aliphatic heterocycles. The molecule has 0 aromatic heterocycles. The fourth-order valence-electron chi connectivity index (χ4n) is 1.53. The van der Waals surface area contributed by atoms with Gasteiger partial charge in [-0.15, -0.1) is 0 Å². The highest BCUT2D eigenvalue weighted by molar-refractivity contribution is 5.43. The van der Waals surface area contributed by atoms with Crippen LogP contribution in [-0.2, 0) is 11.4 Å². The molecule has 4 heteroatoms. The summed E-state index contributed by atoms with van der Waals surface area (Å²) in [6.45, 7) is 9.56. The van der Waals surface area contributed by atoms with Crippen molar-refractivity contribution in [3.05, 3.63) is 23.8 Å². The maximum Gasteiger partial charge on any atom is 0.161 e. The van der Waals surface area contributed by atoms with Gasteiger partial charge in [-0.1, -0.05) is 19.9 Å². The van der Waals surface area contributed by atoms with Crippen LogP contribution in [0.2, 0.25) is 0 Å². The first-order valence-corrected chi connectivity index (χ1v) is 6.71. The Labute approximate surface area is 116 Å². The van der Waals surface area contributed by atoms with Gasteiger partial charge in [0.2, 0.25) is 0 Å². The van der Waals surface area contributed by atoms with E-state index in [0.29, 0.717) is 19.1 Å². The lowest BCUT2D eigenvalue weighted by molar-refractivity contribution is 0.0196. The topological polar surface area (TPSA) is 39.7 Å². The van der Waals surface area contributed by atoms with Gasteiger partial charge in [0, 0.05) is 6.54 Å². The monoisotopic (exact) mass is 267 g/mol. The lowest BCUT2D eigenvalue weighted by Crippen LogP contribution is -2.17. The SMILES string of the molecule is COc1cc(CNOCC(C)C)ccc1OC(C)C. The van der Waals surface area contributed by atoms with Crippen LogP contribution in [0.1, 0.15) is 33.3 Å². The number of rotatable bonds is 8. The molecule has 0 bridgehead atoms. The number of hydrogen-bond donors (Lipinski definition) is 1. The van der Waals surface area contributed by atoms with Gasteiger partial charge >= 0.3 is 0 Å². The van der Waals surface area contributed by atoms with Crippen molar-refractivity contribution in [3.8, 4) is 11.5 Å². The standard InChI is InChI=1S/C15H25NO3/c1-11(2)10-18-16-9-13-6-7-14(19-12(3)4)15(8-13)17-5/h6-8,11-12,16H,9-10H2,1-5H3. The molecule has 0 radical (unpaired) electrons. The van der Waals surface area contributed by atoms with Crippen molar-refractivity contribution in [1.29, 1.82) is 0 Å².